The van der Waals surface area contributed by atoms with Gasteiger partial charge < -0.3 is 24.4 Å². The number of benzene rings is 3. The van der Waals surface area contributed by atoms with E-state index in [1.165, 1.54) is 23.1 Å². The van der Waals surface area contributed by atoms with E-state index in [2.05, 4.69) is 27.0 Å². The average Bonchev–Trinajstić information content (AvgIpc) is 3.78. The highest BCUT2D eigenvalue weighted by molar-refractivity contribution is 6.05. The molecule has 0 unspecified atom stereocenters. The second kappa shape index (κ2) is 13.5. The van der Waals surface area contributed by atoms with Crippen LogP contribution in [0, 0.1) is 24.4 Å². The normalized spacial score (nSPS) is 22.6. The zero-order valence-corrected chi connectivity index (χ0v) is 30.6. The van der Waals surface area contributed by atoms with Crippen LogP contribution in [0.3, 0.4) is 0 Å². The molecule has 2 saturated heterocycles. The van der Waals surface area contributed by atoms with Crippen molar-refractivity contribution < 1.29 is 36.0 Å². The summed E-state index contributed by atoms with van der Waals surface area (Å²) in [6, 6.07) is 13.1. The van der Waals surface area contributed by atoms with Gasteiger partial charge in [0.15, 0.2) is 11.6 Å². The number of nitrogens with one attached hydrogen (secondary N) is 1. The third kappa shape index (κ3) is 6.73. The van der Waals surface area contributed by atoms with Gasteiger partial charge >= 0.3 is 0 Å². The summed E-state index contributed by atoms with van der Waals surface area (Å²) in [7, 11) is 0. The molecular weight excluding hydrogens is 719 g/mol. The smallest absolute Gasteiger partial charge is 0.267 e. The van der Waals surface area contributed by atoms with Gasteiger partial charge in [-0.15, -0.1) is 10.2 Å². The number of nitrogens with zero attached hydrogens (tertiary/aromatic N) is 5. The third-order valence-corrected chi connectivity index (χ3v) is 11.9. The summed E-state index contributed by atoms with van der Waals surface area (Å²) in [5, 5.41) is 10.9. The van der Waals surface area contributed by atoms with Crippen LogP contribution in [0.15, 0.2) is 71.7 Å². The van der Waals surface area contributed by atoms with Gasteiger partial charge in [-0.05, 0) is 103 Å². The summed E-state index contributed by atoms with van der Waals surface area (Å²) in [5.41, 5.74) is 2.88. The molecular formula is C41H41F5N6O3. The Labute approximate surface area is 315 Å². The van der Waals surface area contributed by atoms with Crippen molar-refractivity contribution in [3.8, 4) is 0 Å². The standard InChI is InChI=1S/C41H41F5N6O3/c1-4-37(54)51-22-39(3)21-41(45,46)23-52(39)35-19-28(7-10-34(35)51)50-13-11-40(12-14-50)20-26(29-8-6-27(42)18-30(29)40)17-36(53)47-33(38-49-48-24(2)55-38)16-25-5-9-31(43)32(44)15-25/h4-10,15,18-19,26,33H,1,11-14,16-17,20-23H2,2-3H3,(H,47,53)/t26-,33-,39-/m1/s1. The quantitative estimate of drug-likeness (QED) is 0.147. The summed E-state index contributed by atoms with van der Waals surface area (Å²) in [4.78, 5) is 32.1. The van der Waals surface area contributed by atoms with Crippen LogP contribution in [0.2, 0.25) is 0 Å². The molecule has 1 aliphatic carbocycles. The molecule has 9 nitrogen and oxygen atoms in total. The van der Waals surface area contributed by atoms with E-state index in [-0.39, 0.29) is 61.1 Å². The van der Waals surface area contributed by atoms with Gasteiger partial charge in [-0.25, -0.2) is 22.0 Å². The molecule has 1 spiro atoms. The molecule has 4 aliphatic rings. The number of carbonyl (C=O) groups is 2. The number of piperidine rings is 1. The first-order valence-electron chi connectivity index (χ1n) is 18.5. The highest BCUT2D eigenvalue weighted by Gasteiger charge is 2.56. The zero-order chi connectivity index (χ0) is 38.9. The maximum Gasteiger partial charge on any atom is 0.267 e. The fraction of sp³-hybridized carbons (Fsp3) is 0.415. The molecule has 14 heteroatoms. The van der Waals surface area contributed by atoms with Crippen LogP contribution >= 0.6 is 0 Å². The second-order valence-electron chi connectivity index (χ2n) is 15.8. The summed E-state index contributed by atoms with van der Waals surface area (Å²) in [6.07, 6.45) is 2.97. The Hall–Kier alpha value is -5.27. The predicted octanol–water partition coefficient (Wildman–Crippen LogP) is 7.45. The van der Waals surface area contributed by atoms with Gasteiger partial charge in [-0.3, -0.25) is 9.59 Å². The fourth-order valence-corrected chi connectivity index (χ4v) is 9.45. The van der Waals surface area contributed by atoms with Crippen molar-refractivity contribution in [3.05, 3.63) is 113 Å². The monoisotopic (exact) mass is 760 g/mol. The van der Waals surface area contributed by atoms with Crippen LogP contribution < -0.4 is 20.0 Å². The zero-order valence-electron chi connectivity index (χ0n) is 30.6. The molecule has 1 N–H and O–H groups in total. The molecule has 8 rings (SSSR count). The van der Waals surface area contributed by atoms with E-state index in [1.54, 1.807) is 30.9 Å². The molecule has 0 bridgehead atoms. The number of hydrogen-bond donors (Lipinski definition) is 1. The van der Waals surface area contributed by atoms with Gasteiger partial charge in [0, 0.05) is 51.5 Å². The van der Waals surface area contributed by atoms with Gasteiger partial charge in [0.25, 0.3) is 11.8 Å². The Bertz CT molecular complexity index is 2180. The Balaban J connectivity index is 1.01. The Morgan fingerprint density at radius 1 is 1.00 bits per heavy atom. The summed E-state index contributed by atoms with van der Waals surface area (Å²) < 4.78 is 77.9. The second-order valence-corrected chi connectivity index (χ2v) is 15.8. The summed E-state index contributed by atoms with van der Waals surface area (Å²) in [5.74, 6) is -5.70. The molecule has 3 aromatic carbocycles. The van der Waals surface area contributed by atoms with Crippen molar-refractivity contribution in [2.45, 2.75) is 81.2 Å². The molecule has 4 aromatic rings. The molecule has 55 heavy (non-hydrogen) atoms. The number of anilines is 3. The molecule has 288 valence electrons. The van der Waals surface area contributed by atoms with E-state index in [0.717, 1.165) is 28.9 Å². The van der Waals surface area contributed by atoms with Crippen LogP contribution in [0.25, 0.3) is 0 Å². The molecule has 0 radical (unpaired) electrons. The maximum atomic E-state index is 14.9. The molecule has 3 aliphatic heterocycles. The van der Waals surface area contributed by atoms with Gasteiger partial charge in [0.1, 0.15) is 11.9 Å². The van der Waals surface area contributed by atoms with E-state index < -0.39 is 41.1 Å². The third-order valence-electron chi connectivity index (χ3n) is 11.9. The number of hydrogen-bond acceptors (Lipinski definition) is 7. The Morgan fingerprint density at radius 3 is 2.49 bits per heavy atom. The number of carbonyl (C=O) groups excluding carboxylic acids is 2. The number of aromatic nitrogens is 2. The highest BCUT2D eigenvalue weighted by Crippen LogP contribution is 2.54. The lowest BCUT2D eigenvalue weighted by molar-refractivity contribution is -0.122. The van der Waals surface area contributed by atoms with Crippen molar-refractivity contribution in [2.75, 3.05) is 40.9 Å². The first kappa shape index (κ1) is 36.7. The molecule has 2 amide bonds. The largest absolute Gasteiger partial charge is 0.423 e. The summed E-state index contributed by atoms with van der Waals surface area (Å²) in [6.45, 7) is 7.90. The van der Waals surface area contributed by atoms with Gasteiger partial charge in [-0.2, -0.15) is 0 Å². The first-order chi connectivity index (χ1) is 26.2. The Kier molecular flexibility index (Phi) is 9.00. The van der Waals surface area contributed by atoms with Crippen LogP contribution in [-0.2, 0) is 21.4 Å². The predicted molar refractivity (Wildman–Crippen MR) is 196 cm³/mol. The average molecular weight is 761 g/mol. The van der Waals surface area contributed by atoms with Crippen LogP contribution in [-0.4, -0.2) is 59.7 Å². The Morgan fingerprint density at radius 2 is 1.78 bits per heavy atom. The van der Waals surface area contributed by atoms with E-state index >= 15 is 0 Å². The molecule has 3 atom stereocenters. The van der Waals surface area contributed by atoms with Crippen molar-refractivity contribution in [1.29, 1.82) is 0 Å². The van der Waals surface area contributed by atoms with Crippen LogP contribution in [0.5, 0.6) is 0 Å². The molecule has 4 heterocycles. The first-order valence-corrected chi connectivity index (χ1v) is 18.5. The molecule has 2 fully saturated rings. The minimum absolute atomic E-state index is 0.0848. The molecule has 0 saturated carbocycles. The van der Waals surface area contributed by atoms with E-state index in [4.69, 9.17) is 4.42 Å². The van der Waals surface area contributed by atoms with E-state index in [0.29, 0.717) is 49.3 Å². The van der Waals surface area contributed by atoms with E-state index in [1.807, 2.05) is 18.2 Å². The highest BCUT2D eigenvalue weighted by atomic mass is 19.3. The van der Waals surface area contributed by atoms with Crippen LogP contribution in [0.1, 0.15) is 79.5 Å². The lowest BCUT2D eigenvalue weighted by Gasteiger charge is -2.47. The lowest BCUT2D eigenvalue weighted by atomic mass is 9.73. The van der Waals surface area contributed by atoms with Crippen LogP contribution in [0.4, 0.5) is 39.0 Å². The minimum Gasteiger partial charge on any atom is -0.423 e. The number of fused-ring (bicyclic) bond motifs is 5. The lowest BCUT2D eigenvalue weighted by Crippen LogP contribution is -2.55. The fourth-order valence-electron chi connectivity index (χ4n) is 9.45. The number of alkyl halides is 2. The maximum absolute atomic E-state index is 14.9. The molecule has 1 aromatic heterocycles. The number of rotatable bonds is 8. The number of halogens is 5. The summed E-state index contributed by atoms with van der Waals surface area (Å²) >= 11 is 0. The van der Waals surface area contributed by atoms with Gasteiger partial charge in [-0.1, -0.05) is 18.7 Å². The minimum atomic E-state index is -2.90. The SMILES string of the molecule is C=CC(=O)N1C[C@@]2(C)CC(F)(F)CN2c2cc(N3CCC4(CC3)C[C@@H](CC(=O)N[C@H](Cc3ccc(F)c(F)c3)c3nnc(C)o3)c3ccc(F)cc34)ccc21. The number of aryl methyl sites for hydroxylation is 1. The van der Waals surface area contributed by atoms with Gasteiger partial charge in [0.05, 0.1) is 23.5 Å². The topological polar surface area (TPSA) is 94.8 Å². The van der Waals surface area contributed by atoms with Crippen molar-refractivity contribution >= 4 is 28.9 Å². The van der Waals surface area contributed by atoms with E-state index in [9.17, 15) is 31.5 Å². The van der Waals surface area contributed by atoms with Crippen molar-refractivity contribution in [1.82, 2.24) is 15.5 Å². The number of amides is 2. The van der Waals surface area contributed by atoms with Crippen molar-refractivity contribution in [2.24, 2.45) is 0 Å². The van der Waals surface area contributed by atoms with Gasteiger partial charge in [0.2, 0.25) is 17.7 Å². The van der Waals surface area contributed by atoms with Crippen molar-refractivity contribution in [3.63, 3.8) is 0 Å².